The molecule has 0 aliphatic rings. The Kier molecular flexibility index (Phi) is 4.61. The third-order valence-corrected chi connectivity index (χ3v) is 2.38. The van der Waals surface area contributed by atoms with Crippen molar-refractivity contribution in [3.8, 4) is 0 Å². The summed E-state index contributed by atoms with van der Waals surface area (Å²) in [4.78, 5) is 16.8. The van der Waals surface area contributed by atoms with Gasteiger partial charge in [0, 0.05) is 14.1 Å². The molecule has 0 N–H and O–H groups in total. The molecule has 0 heterocycles. The predicted molar refractivity (Wildman–Crippen MR) is 65.0 cm³/mol. The Bertz CT molecular complexity index is 418. The van der Waals surface area contributed by atoms with E-state index in [1.807, 2.05) is 0 Å². The highest BCUT2D eigenvalue weighted by atomic mass is 79.9. The lowest BCUT2D eigenvalue weighted by Gasteiger charge is -2.02. The maximum absolute atomic E-state index is 12.9. The molecule has 5 heteroatoms. The largest absolute Gasteiger partial charge is 0.369 e. The second kappa shape index (κ2) is 5.75. The summed E-state index contributed by atoms with van der Waals surface area (Å²) in [5.74, 6) is -0.597. The molecule has 0 saturated heterocycles. The fourth-order valence-corrected chi connectivity index (χ4v) is 1.48. The molecular weight excluding hydrogens is 275 g/mol. The van der Waals surface area contributed by atoms with Crippen LogP contribution in [-0.2, 0) is 11.2 Å². The molecule has 86 valence electrons. The second-order valence-electron chi connectivity index (χ2n) is 3.53. The van der Waals surface area contributed by atoms with Gasteiger partial charge in [-0.2, -0.15) is 0 Å². The maximum atomic E-state index is 12.9. The quantitative estimate of drug-likeness (QED) is 0.631. The van der Waals surface area contributed by atoms with Gasteiger partial charge >= 0.3 is 0 Å². The molecule has 1 aromatic carbocycles. The standard InChI is InChI=1S/C11H12BrFN2O/c1-15(2)7-14-11(16)6-8-3-4-10(13)9(12)5-8/h3-5,7H,6H2,1-2H3/b14-7+. The summed E-state index contributed by atoms with van der Waals surface area (Å²) in [5, 5.41) is 0. The number of aliphatic imine (C=N–C) groups is 1. The predicted octanol–water partition coefficient (Wildman–Crippen LogP) is 2.25. The first-order chi connectivity index (χ1) is 7.49. The van der Waals surface area contributed by atoms with E-state index in [4.69, 9.17) is 0 Å². The van der Waals surface area contributed by atoms with Crippen LogP contribution in [0.15, 0.2) is 27.7 Å². The van der Waals surface area contributed by atoms with Crippen molar-refractivity contribution in [3.05, 3.63) is 34.1 Å². The van der Waals surface area contributed by atoms with Crippen LogP contribution in [0.1, 0.15) is 5.56 Å². The van der Waals surface area contributed by atoms with Crippen LogP contribution < -0.4 is 0 Å². The lowest BCUT2D eigenvalue weighted by molar-refractivity contribution is -0.117. The van der Waals surface area contributed by atoms with Crippen molar-refractivity contribution in [2.75, 3.05) is 14.1 Å². The van der Waals surface area contributed by atoms with Crippen LogP contribution >= 0.6 is 15.9 Å². The van der Waals surface area contributed by atoms with Crippen molar-refractivity contribution < 1.29 is 9.18 Å². The first kappa shape index (κ1) is 12.8. The van der Waals surface area contributed by atoms with E-state index in [1.54, 1.807) is 31.1 Å². The minimum atomic E-state index is -0.340. The zero-order valence-corrected chi connectivity index (χ0v) is 10.7. The minimum Gasteiger partial charge on any atom is -0.369 e. The molecule has 0 radical (unpaired) electrons. The van der Waals surface area contributed by atoms with Crippen LogP contribution in [0.3, 0.4) is 0 Å². The molecular formula is C11H12BrFN2O. The lowest BCUT2D eigenvalue weighted by atomic mass is 10.1. The third-order valence-electron chi connectivity index (χ3n) is 1.77. The summed E-state index contributed by atoms with van der Waals surface area (Å²) < 4.78 is 13.3. The topological polar surface area (TPSA) is 32.7 Å². The van der Waals surface area contributed by atoms with Crippen LogP contribution in [0.4, 0.5) is 4.39 Å². The van der Waals surface area contributed by atoms with Crippen LogP contribution in [0.25, 0.3) is 0 Å². The Labute approximate surface area is 102 Å². The first-order valence-corrected chi connectivity index (χ1v) is 5.45. The molecule has 0 fully saturated rings. The van der Waals surface area contributed by atoms with Crippen molar-refractivity contribution in [2.24, 2.45) is 4.99 Å². The molecule has 0 atom stereocenters. The van der Waals surface area contributed by atoms with E-state index in [2.05, 4.69) is 20.9 Å². The summed E-state index contributed by atoms with van der Waals surface area (Å²) in [7, 11) is 3.57. The van der Waals surface area contributed by atoms with Gasteiger partial charge in [0.15, 0.2) is 0 Å². The number of hydrogen-bond acceptors (Lipinski definition) is 1. The smallest absolute Gasteiger partial charge is 0.251 e. The Morgan fingerprint density at radius 3 is 2.81 bits per heavy atom. The Morgan fingerprint density at radius 1 is 1.56 bits per heavy atom. The maximum Gasteiger partial charge on any atom is 0.251 e. The first-order valence-electron chi connectivity index (χ1n) is 4.66. The van der Waals surface area contributed by atoms with E-state index in [0.717, 1.165) is 5.56 Å². The summed E-state index contributed by atoms with van der Waals surface area (Å²) in [6.45, 7) is 0. The molecule has 0 aromatic heterocycles. The van der Waals surface area contributed by atoms with E-state index in [9.17, 15) is 9.18 Å². The van der Waals surface area contributed by atoms with Crippen molar-refractivity contribution in [1.82, 2.24) is 4.90 Å². The van der Waals surface area contributed by atoms with Crippen LogP contribution in [-0.4, -0.2) is 31.2 Å². The Balaban J connectivity index is 2.66. The highest BCUT2D eigenvalue weighted by molar-refractivity contribution is 9.10. The van der Waals surface area contributed by atoms with Gasteiger partial charge in [-0.3, -0.25) is 4.79 Å². The number of rotatable bonds is 3. The molecule has 0 spiro atoms. The van der Waals surface area contributed by atoms with E-state index in [0.29, 0.717) is 4.47 Å². The van der Waals surface area contributed by atoms with Crippen molar-refractivity contribution >= 4 is 28.2 Å². The molecule has 1 aromatic rings. The zero-order chi connectivity index (χ0) is 12.1. The van der Waals surface area contributed by atoms with E-state index in [-0.39, 0.29) is 18.1 Å². The fraction of sp³-hybridized carbons (Fsp3) is 0.273. The summed E-state index contributed by atoms with van der Waals surface area (Å²) in [6.07, 6.45) is 1.62. The highest BCUT2D eigenvalue weighted by Crippen LogP contribution is 2.17. The van der Waals surface area contributed by atoms with Gasteiger partial charge in [0.1, 0.15) is 5.82 Å². The minimum absolute atomic E-state index is 0.170. The molecule has 1 amide bonds. The van der Waals surface area contributed by atoms with Crippen LogP contribution in [0, 0.1) is 5.82 Å². The van der Waals surface area contributed by atoms with E-state index in [1.165, 1.54) is 12.4 Å². The van der Waals surface area contributed by atoms with Gasteiger partial charge in [0.2, 0.25) is 0 Å². The highest BCUT2D eigenvalue weighted by Gasteiger charge is 2.04. The SMILES string of the molecule is CN(C)/C=N/C(=O)Cc1ccc(F)c(Br)c1. The summed E-state index contributed by atoms with van der Waals surface area (Å²) >= 11 is 3.07. The number of hydrogen-bond donors (Lipinski definition) is 0. The van der Waals surface area contributed by atoms with Gasteiger partial charge in [0.25, 0.3) is 5.91 Å². The molecule has 3 nitrogen and oxygen atoms in total. The molecule has 0 unspecified atom stereocenters. The molecule has 0 aliphatic heterocycles. The monoisotopic (exact) mass is 286 g/mol. The number of amides is 1. The number of benzene rings is 1. The average molecular weight is 287 g/mol. The summed E-state index contributed by atoms with van der Waals surface area (Å²) in [6, 6.07) is 4.48. The lowest BCUT2D eigenvalue weighted by Crippen LogP contribution is -2.10. The van der Waals surface area contributed by atoms with Crippen molar-refractivity contribution in [3.63, 3.8) is 0 Å². The third kappa shape index (κ3) is 4.10. The number of halogens is 2. The van der Waals surface area contributed by atoms with Crippen LogP contribution in [0.5, 0.6) is 0 Å². The number of carbonyl (C=O) groups excluding carboxylic acids is 1. The fourth-order valence-electron chi connectivity index (χ4n) is 1.05. The Hall–Kier alpha value is -1.23. The van der Waals surface area contributed by atoms with Gasteiger partial charge < -0.3 is 4.90 Å². The van der Waals surface area contributed by atoms with Gasteiger partial charge in [-0.15, -0.1) is 0 Å². The number of carbonyl (C=O) groups is 1. The van der Waals surface area contributed by atoms with E-state index >= 15 is 0 Å². The zero-order valence-electron chi connectivity index (χ0n) is 9.08. The second-order valence-corrected chi connectivity index (χ2v) is 4.38. The molecule has 0 aliphatic carbocycles. The van der Waals surface area contributed by atoms with Crippen molar-refractivity contribution in [1.29, 1.82) is 0 Å². The molecule has 0 saturated carbocycles. The van der Waals surface area contributed by atoms with Crippen molar-refractivity contribution in [2.45, 2.75) is 6.42 Å². The Morgan fingerprint density at radius 2 is 2.25 bits per heavy atom. The summed E-state index contributed by atoms with van der Waals surface area (Å²) in [5.41, 5.74) is 0.731. The van der Waals surface area contributed by atoms with Gasteiger partial charge in [-0.1, -0.05) is 6.07 Å². The van der Waals surface area contributed by atoms with Gasteiger partial charge in [-0.05, 0) is 33.6 Å². The normalized spacial score (nSPS) is 10.8. The van der Waals surface area contributed by atoms with Gasteiger partial charge in [-0.25, -0.2) is 9.38 Å². The van der Waals surface area contributed by atoms with Gasteiger partial charge in [0.05, 0.1) is 17.2 Å². The molecule has 0 bridgehead atoms. The van der Waals surface area contributed by atoms with E-state index < -0.39 is 0 Å². The average Bonchev–Trinajstić information content (AvgIpc) is 2.21. The van der Waals surface area contributed by atoms with Crippen LogP contribution in [0.2, 0.25) is 0 Å². The number of nitrogens with zero attached hydrogens (tertiary/aromatic N) is 2. The molecule has 1 rings (SSSR count). The molecule has 16 heavy (non-hydrogen) atoms.